The molecule has 0 aliphatic rings. The summed E-state index contributed by atoms with van der Waals surface area (Å²) >= 11 is 1.52. The fraction of sp³-hybridized carbons (Fsp3) is 0.0588. The summed E-state index contributed by atoms with van der Waals surface area (Å²) < 4.78 is 26.8. The van der Waals surface area contributed by atoms with Crippen LogP contribution >= 0.6 is 11.8 Å². The Kier molecular flexibility index (Phi) is 7.83. The number of sulfone groups is 1. The van der Waals surface area contributed by atoms with Crippen LogP contribution in [0.2, 0.25) is 0 Å². The van der Waals surface area contributed by atoms with Gasteiger partial charge >= 0.3 is 0 Å². The van der Waals surface area contributed by atoms with Crippen LogP contribution in [0.25, 0.3) is 0 Å². The zero-order valence-corrected chi connectivity index (χ0v) is 23.4. The van der Waals surface area contributed by atoms with Gasteiger partial charge in [-0.15, -0.1) is 0 Å². The molecule has 5 aromatic carbocycles. The maximum atomic E-state index is 14.7. The number of hydrogen-bond donors (Lipinski definition) is 0. The van der Waals surface area contributed by atoms with Gasteiger partial charge in [-0.05, 0) is 48.9 Å². The first-order chi connectivity index (χ1) is 19.3. The fourth-order valence-corrected chi connectivity index (χ4v) is 7.48. The Morgan fingerprint density at radius 2 is 1.00 bits per heavy atom. The van der Waals surface area contributed by atoms with Gasteiger partial charge in [0.15, 0.2) is 11.6 Å². The van der Waals surface area contributed by atoms with Gasteiger partial charge in [0, 0.05) is 20.9 Å². The lowest BCUT2D eigenvalue weighted by molar-refractivity contribution is 0.0829. The largest absolute Gasteiger partial charge is 0.291 e. The van der Waals surface area contributed by atoms with Crippen LogP contribution in [0.15, 0.2) is 154 Å². The zero-order valence-electron chi connectivity index (χ0n) is 21.7. The molecule has 0 radical (unpaired) electrons. The van der Waals surface area contributed by atoms with E-state index in [2.05, 4.69) is 0 Å². The summed E-state index contributed by atoms with van der Waals surface area (Å²) in [5, 5.41) is 0. The Hall–Kier alpha value is -4.26. The maximum absolute atomic E-state index is 14.7. The second kappa shape index (κ2) is 11.5. The molecule has 0 fully saturated rings. The Morgan fingerprint density at radius 1 is 0.550 bits per heavy atom. The number of rotatable bonds is 9. The smallest absolute Gasteiger partial charge is 0.226 e. The van der Waals surface area contributed by atoms with Crippen molar-refractivity contribution in [3.05, 3.63) is 162 Å². The number of Topliss-reactive ketones (excluding diaryl/α,β-unsaturated/α-hetero) is 2. The van der Waals surface area contributed by atoms with Crippen LogP contribution in [0.5, 0.6) is 0 Å². The molecule has 6 heteroatoms. The number of ketones is 2. The van der Waals surface area contributed by atoms with Crippen molar-refractivity contribution in [2.75, 3.05) is 0 Å². The van der Waals surface area contributed by atoms with Gasteiger partial charge in [-0.2, -0.15) is 0 Å². The van der Waals surface area contributed by atoms with E-state index >= 15 is 0 Å². The molecule has 0 heterocycles. The standard InChI is InChI=1S/C34H26O4S2/c1-25-17-23-31(24-18-25)40(37,38)34(28-13-7-3-8-14-28,32(35)26-11-5-2-6-12-26)33(36)27-19-21-30(22-20-27)39-29-15-9-4-10-16-29/h2-24H,1H3. The molecule has 0 bridgehead atoms. The Morgan fingerprint density at radius 3 is 1.55 bits per heavy atom. The highest BCUT2D eigenvalue weighted by molar-refractivity contribution is 7.99. The molecule has 1 atom stereocenters. The minimum Gasteiger partial charge on any atom is -0.291 e. The van der Waals surface area contributed by atoms with Gasteiger partial charge in [0.05, 0.1) is 4.90 Å². The molecule has 0 N–H and O–H groups in total. The SMILES string of the molecule is Cc1ccc(S(=O)(=O)C(C(=O)c2ccccc2)(C(=O)c2ccc(Sc3ccccc3)cc2)c2ccccc2)cc1. The van der Waals surface area contributed by atoms with Gasteiger partial charge < -0.3 is 0 Å². The van der Waals surface area contributed by atoms with Crippen LogP contribution < -0.4 is 0 Å². The number of aryl methyl sites for hydroxylation is 1. The fourth-order valence-electron chi connectivity index (χ4n) is 4.63. The van der Waals surface area contributed by atoms with Crippen LogP contribution in [-0.2, 0) is 14.6 Å². The van der Waals surface area contributed by atoms with Gasteiger partial charge in [0.1, 0.15) is 0 Å². The number of benzene rings is 5. The highest BCUT2D eigenvalue weighted by Gasteiger charge is 2.58. The molecule has 5 aromatic rings. The highest BCUT2D eigenvalue weighted by atomic mass is 32.2. The van der Waals surface area contributed by atoms with Crippen LogP contribution in [0.1, 0.15) is 31.8 Å². The van der Waals surface area contributed by atoms with Gasteiger partial charge in [-0.1, -0.05) is 120 Å². The molecule has 5 rings (SSSR count). The summed E-state index contributed by atoms with van der Waals surface area (Å²) in [6.07, 6.45) is 0. The van der Waals surface area contributed by atoms with E-state index in [0.717, 1.165) is 15.4 Å². The van der Waals surface area contributed by atoms with E-state index in [1.54, 1.807) is 72.8 Å². The van der Waals surface area contributed by atoms with Crippen LogP contribution in [0.3, 0.4) is 0 Å². The van der Waals surface area contributed by atoms with E-state index in [1.807, 2.05) is 37.3 Å². The Labute approximate surface area is 238 Å². The van der Waals surface area contributed by atoms with Crippen molar-refractivity contribution < 1.29 is 18.0 Å². The van der Waals surface area contributed by atoms with E-state index < -0.39 is 26.2 Å². The van der Waals surface area contributed by atoms with E-state index in [4.69, 9.17) is 0 Å². The van der Waals surface area contributed by atoms with Crippen molar-refractivity contribution in [1.82, 2.24) is 0 Å². The van der Waals surface area contributed by atoms with Crippen LogP contribution in [0, 0.1) is 6.92 Å². The minimum atomic E-state index is -4.59. The first-order valence-corrected chi connectivity index (χ1v) is 15.0. The lowest BCUT2D eigenvalue weighted by Crippen LogP contribution is -2.50. The minimum absolute atomic E-state index is 0.0946. The summed E-state index contributed by atoms with van der Waals surface area (Å²) in [6.45, 7) is 1.84. The van der Waals surface area contributed by atoms with Crippen molar-refractivity contribution >= 4 is 33.2 Å². The first-order valence-electron chi connectivity index (χ1n) is 12.7. The summed E-state index contributed by atoms with van der Waals surface area (Å²) in [7, 11) is -4.59. The molecule has 0 aromatic heterocycles. The zero-order chi connectivity index (χ0) is 28.2. The summed E-state index contributed by atoms with van der Waals surface area (Å²) in [5.74, 6) is -1.60. The molecule has 4 nitrogen and oxygen atoms in total. The molecule has 198 valence electrons. The average Bonchev–Trinajstić information content (AvgIpc) is 2.99. The van der Waals surface area contributed by atoms with Gasteiger partial charge in [0.2, 0.25) is 14.6 Å². The third-order valence-electron chi connectivity index (χ3n) is 6.69. The molecule has 0 saturated carbocycles. The average molecular weight is 563 g/mol. The van der Waals surface area contributed by atoms with Crippen molar-refractivity contribution in [3.63, 3.8) is 0 Å². The molecular weight excluding hydrogens is 537 g/mol. The third kappa shape index (κ3) is 5.04. The van der Waals surface area contributed by atoms with Crippen molar-refractivity contribution in [2.45, 2.75) is 26.4 Å². The number of carbonyl (C=O) groups excluding carboxylic acids is 2. The summed E-state index contributed by atoms with van der Waals surface area (Å²) in [6, 6.07) is 38.9. The maximum Gasteiger partial charge on any atom is 0.226 e. The summed E-state index contributed by atoms with van der Waals surface area (Å²) in [4.78, 5) is 30.9. The Balaban J connectivity index is 1.72. The lowest BCUT2D eigenvalue weighted by Gasteiger charge is -2.31. The van der Waals surface area contributed by atoms with Gasteiger partial charge in [-0.25, -0.2) is 8.42 Å². The third-order valence-corrected chi connectivity index (χ3v) is 10.0. The van der Waals surface area contributed by atoms with Crippen LogP contribution in [-0.4, -0.2) is 20.0 Å². The van der Waals surface area contributed by atoms with Crippen molar-refractivity contribution in [2.24, 2.45) is 0 Å². The number of hydrogen-bond acceptors (Lipinski definition) is 5. The molecule has 0 spiro atoms. The second-order valence-electron chi connectivity index (χ2n) is 9.33. The molecule has 0 aliphatic heterocycles. The van der Waals surface area contributed by atoms with E-state index in [1.165, 1.54) is 48.2 Å². The summed E-state index contributed by atoms with van der Waals surface area (Å²) in [5.41, 5.74) is 1.21. The van der Waals surface area contributed by atoms with E-state index in [0.29, 0.717) is 0 Å². The van der Waals surface area contributed by atoms with Gasteiger partial charge in [-0.3, -0.25) is 9.59 Å². The van der Waals surface area contributed by atoms with E-state index in [-0.39, 0.29) is 21.6 Å². The molecule has 0 aliphatic carbocycles. The molecule has 0 saturated heterocycles. The predicted octanol–water partition coefficient (Wildman–Crippen LogP) is 7.58. The number of carbonyl (C=O) groups is 2. The molecule has 1 unspecified atom stereocenters. The first kappa shape index (κ1) is 27.3. The van der Waals surface area contributed by atoms with Crippen LogP contribution in [0.4, 0.5) is 0 Å². The Bertz CT molecular complexity index is 1730. The molecular formula is C34H26O4S2. The lowest BCUT2D eigenvalue weighted by atomic mass is 9.83. The normalized spacial score (nSPS) is 12.8. The second-order valence-corrected chi connectivity index (χ2v) is 12.6. The topological polar surface area (TPSA) is 68.3 Å². The van der Waals surface area contributed by atoms with Gasteiger partial charge in [0.25, 0.3) is 0 Å². The molecule has 0 amide bonds. The van der Waals surface area contributed by atoms with Crippen molar-refractivity contribution in [3.8, 4) is 0 Å². The molecule has 40 heavy (non-hydrogen) atoms. The van der Waals surface area contributed by atoms with E-state index in [9.17, 15) is 18.0 Å². The predicted molar refractivity (Wildman–Crippen MR) is 159 cm³/mol. The monoisotopic (exact) mass is 562 g/mol. The highest BCUT2D eigenvalue weighted by Crippen LogP contribution is 2.42. The van der Waals surface area contributed by atoms with Crippen molar-refractivity contribution in [1.29, 1.82) is 0 Å². The quantitative estimate of drug-likeness (QED) is 0.137.